The first-order chi connectivity index (χ1) is 17.0. The minimum absolute atomic E-state index is 0.0529. The Hall–Kier alpha value is -3.01. The number of rotatable bonds is 9. The molecule has 3 rings (SSSR count). The number of nitrogens with zero attached hydrogens (tertiary/aromatic N) is 1. The van der Waals surface area contributed by atoms with Gasteiger partial charge in [-0.3, -0.25) is 4.79 Å². The zero-order chi connectivity index (χ0) is 26.5. The smallest absolute Gasteiger partial charge is 0.416 e. The topological polar surface area (TPSA) is 77.8 Å². The number of alkyl halides is 3. The molecule has 0 aliphatic rings. The molecule has 2 N–H and O–H groups in total. The van der Waals surface area contributed by atoms with Crippen LogP contribution in [0.15, 0.2) is 76.5 Å². The second-order valence-corrected chi connectivity index (χ2v) is 9.72. The first kappa shape index (κ1) is 27.6. The lowest BCUT2D eigenvalue weighted by molar-refractivity contribution is -0.137. The molecule has 0 aromatic heterocycles. The van der Waals surface area contributed by atoms with Gasteiger partial charge in [-0.1, -0.05) is 47.6 Å². The number of hydrogen-bond donors (Lipinski definition) is 2. The number of hydrogen-bond acceptors (Lipinski definition) is 4. The average Bonchev–Trinajstić information content (AvgIpc) is 2.82. The van der Waals surface area contributed by atoms with Crippen LogP contribution in [0.1, 0.15) is 40.1 Å². The van der Waals surface area contributed by atoms with Crippen LogP contribution in [0.2, 0.25) is 5.02 Å². The first-order valence-electron chi connectivity index (χ1n) is 10.8. The molecule has 36 heavy (non-hydrogen) atoms. The van der Waals surface area contributed by atoms with Crippen LogP contribution in [0.5, 0.6) is 0 Å². The van der Waals surface area contributed by atoms with Crippen molar-refractivity contribution in [2.24, 2.45) is 0 Å². The van der Waals surface area contributed by atoms with Crippen LogP contribution >= 0.6 is 23.4 Å². The summed E-state index contributed by atoms with van der Waals surface area (Å²) in [4.78, 5) is 25.4. The quantitative estimate of drug-likeness (QED) is 0.288. The van der Waals surface area contributed by atoms with Gasteiger partial charge in [-0.25, -0.2) is 4.79 Å². The van der Waals surface area contributed by atoms with Gasteiger partial charge < -0.3 is 15.1 Å². The van der Waals surface area contributed by atoms with Crippen LogP contribution in [-0.2, 0) is 12.6 Å². The Morgan fingerprint density at radius 3 is 2.39 bits per heavy atom. The number of halogens is 4. The van der Waals surface area contributed by atoms with Gasteiger partial charge in [0.25, 0.3) is 0 Å². The minimum atomic E-state index is -4.53. The Labute approximate surface area is 215 Å². The van der Waals surface area contributed by atoms with Crippen LogP contribution in [0, 0.1) is 0 Å². The predicted molar refractivity (Wildman–Crippen MR) is 132 cm³/mol. The summed E-state index contributed by atoms with van der Waals surface area (Å²) >= 11 is 7.12. The summed E-state index contributed by atoms with van der Waals surface area (Å²) in [5.41, 5.74) is 0.406. The Morgan fingerprint density at radius 2 is 1.81 bits per heavy atom. The first-order valence-corrected chi connectivity index (χ1v) is 12.0. The molecule has 0 saturated carbocycles. The van der Waals surface area contributed by atoms with E-state index in [-0.39, 0.29) is 12.1 Å². The molecular weight excluding hydrogens is 515 g/mol. The number of aldehydes is 1. The van der Waals surface area contributed by atoms with Gasteiger partial charge in [-0.05, 0) is 66.9 Å². The molecule has 0 heterocycles. The summed E-state index contributed by atoms with van der Waals surface area (Å²) in [6.45, 7) is 1.60. The van der Waals surface area contributed by atoms with E-state index in [0.717, 1.165) is 34.4 Å². The van der Waals surface area contributed by atoms with E-state index in [1.54, 1.807) is 55.5 Å². The van der Waals surface area contributed by atoms with Gasteiger partial charge in [-0.2, -0.15) is 13.2 Å². The Morgan fingerprint density at radius 1 is 1.11 bits per heavy atom. The molecule has 1 amide bonds. The lowest BCUT2D eigenvalue weighted by atomic mass is 10.0. The van der Waals surface area contributed by atoms with E-state index in [9.17, 15) is 33.0 Å². The number of benzene rings is 3. The van der Waals surface area contributed by atoms with Gasteiger partial charge >= 0.3 is 12.3 Å². The van der Waals surface area contributed by atoms with Crippen molar-refractivity contribution in [2.45, 2.75) is 41.5 Å². The van der Waals surface area contributed by atoms with Crippen molar-refractivity contribution in [3.63, 3.8) is 0 Å². The highest BCUT2D eigenvalue weighted by Gasteiger charge is 2.31. The van der Waals surface area contributed by atoms with Crippen LogP contribution in [0.3, 0.4) is 0 Å². The molecule has 5 nitrogen and oxygen atoms in total. The molecule has 190 valence electrons. The van der Waals surface area contributed by atoms with Gasteiger partial charge in [-0.15, -0.1) is 0 Å². The Bertz CT molecular complexity index is 1220. The number of amides is 1. The van der Waals surface area contributed by atoms with E-state index in [4.69, 9.17) is 11.6 Å². The highest BCUT2D eigenvalue weighted by Crippen LogP contribution is 2.35. The molecule has 3 aromatic rings. The van der Waals surface area contributed by atoms with Crippen molar-refractivity contribution in [1.29, 1.82) is 0 Å². The van der Waals surface area contributed by atoms with Crippen molar-refractivity contribution in [2.75, 3.05) is 6.54 Å². The van der Waals surface area contributed by atoms with Crippen molar-refractivity contribution >= 4 is 35.7 Å². The lowest BCUT2D eigenvalue weighted by Crippen LogP contribution is -2.41. The zero-order valence-corrected chi connectivity index (χ0v) is 20.6. The van der Waals surface area contributed by atoms with Crippen molar-refractivity contribution in [3.8, 4) is 0 Å². The summed E-state index contributed by atoms with van der Waals surface area (Å²) in [6.07, 6.45) is -5.98. The third-order valence-corrected chi connectivity index (χ3v) is 6.86. The molecule has 0 spiro atoms. The molecule has 10 heteroatoms. The lowest BCUT2D eigenvalue weighted by Gasteiger charge is -2.29. The molecule has 0 aliphatic carbocycles. The maximum Gasteiger partial charge on any atom is 0.416 e. The minimum Gasteiger partial charge on any atom is -0.465 e. The SMILES string of the molecule is C[C@H](Cc1ccc(Sc2ccc(C(F)(F)F)cc2C=O)cc1)N(C[C@@H](O)c1cccc(Cl)c1)C(=O)O. The number of aliphatic hydroxyl groups excluding tert-OH is 1. The van der Waals surface area contributed by atoms with Gasteiger partial charge in [0, 0.05) is 26.4 Å². The fourth-order valence-corrected chi connectivity index (χ4v) is 4.72. The molecule has 0 unspecified atom stereocenters. The highest BCUT2D eigenvalue weighted by atomic mass is 35.5. The van der Waals surface area contributed by atoms with E-state index in [1.165, 1.54) is 6.07 Å². The van der Waals surface area contributed by atoms with E-state index >= 15 is 0 Å². The predicted octanol–water partition coefficient (Wildman–Crippen LogP) is 6.97. The summed E-state index contributed by atoms with van der Waals surface area (Å²) in [6, 6.07) is 16.3. The van der Waals surface area contributed by atoms with E-state index in [0.29, 0.717) is 33.1 Å². The van der Waals surface area contributed by atoms with E-state index < -0.39 is 30.0 Å². The molecule has 0 radical (unpaired) electrons. The van der Waals surface area contributed by atoms with E-state index in [2.05, 4.69) is 0 Å². The van der Waals surface area contributed by atoms with Crippen LogP contribution in [-0.4, -0.2) is 40.1 Å². The van der Waals surface area contributed by atoms with Gasteiger partial charge in [0.2, 0.25) is 0 Å². The normalized spacial score (nSPS) is 13.2. The summed E-state index contributed by atoms with van der Waals surface area (Å²) in [5, 5.41) is 20.6. The van der Waals surface area contributed by atoms with Crippen molar-refractivity contribution < 1.29 is 33.0 Å². The Balaban J connectivity index is 1.67. The fraction of sp³-hybridized carbons (Fsp3) is 0.231. The van der Waals surface area contributed by atoms with E-state index in [1.807, 2.05) is 0 Å². The third kappa shape index (κ3) is 7.25. The number of carbonyl (C=O) groups excluding carboxylic acids is 1. The van der Waals surface area contributed by atoms with Crippen molar-refractivity contribution in [3.05, 3.63) is 94.0 Å². The number of aliphatic hydroxyl groups is 1. The fourth-order valence-electron chi connectivity index (χ4n) is 3.63. The standard InChI is InChI=1S/C26H23ClF3NO4S/c1-16(31(25(34)35)14-23(33)18-3-2-4-21(27)13-18)11-17-5-8-22(9-6-17)36-24-10-7-20(26(28,29)30)12-19(24)15-32/h2-10,12-13,15-16,23,33H,11,14H2,1H3,(H,34,35)/t16-,23-/m1/s1. The third-order valence-electron chi connectivity index (χ3n) is 5.53. The molecular formula is C26H23ClF3NO4S. The van der Waals surface area contributed by atoms with Crippen LogP contribution < -0.4 is 0 Å². The van der Waals surface area contributed by atoms with Crippen molar-refractivity contribution in [1.82, 2.24) is 4.90 Å². The molecule has 0 fully saturated rings. The zero-order valence-electron chi connectivity index (χ0n) is 19.1. The molecule has 0 aliphatic heterocycles. The molecule has 2 atom stereocenters. The second kappa shape index (κ2) is 11.8. The summed E-state index contributed by atoms with van der Waals surface area (Å²) in [5.74, 6) is 0. The summed E-state index contributed by atoms with van der Waals surface area (Å²) in [7, 11) is 0. The molecule has 3 aromatic carbocycles. The second-order valence-electron chi connectivity index (χ2n) is 8.17. The summed E-state index contributed by atoms with van der Waals surface area (Å²) < 4.78 is 38.7. The largest absolute Gasteiger partial charge is 0.465 e. The monoisotopic (exact) mass is 537 g/mol. The maximum atomic E-state index is 12.9. The number of carbonyl (C=O) groups is 2. The number of carboxylic acid groups (broad SMARTS) is 1. The molecule has 0 bridgehead atoms. The van der Waals surface area contributed by atoms with Gasteiger partial charge in [0.15, 0.2) is 6.29 Å². The van der Waals surface area contributed by atoms with Crippen LogP contribution in [0.4, 0.5) is 18.0 Å². The molecule has 0 saturated heterocycles. The van der Waals surface area contributed by atoms with Gasteiger partial charge in [0.1, 0.15) is 0 Å². The average molecular weight is 538 g/mol. The highest BCUT2D eigenvalue weighted by molar-refractivity contribution is 7.99. The van der Waals surface area contributed by atoms with Crippen LogP contribution in [0.25, 0.3) is 0 Å². The van der Waals surface area contributed by atoms with Gasteiger partial charge in [0.05, 0.1) is 18.2 Å². The Kier molecular flexibility index (Phi) is 9.05. The maximum absolute atomic E-state index is 12.9.